The number of carbonyl (C=O) groups is 2. The Hall–Kier alpha value is -1.84. The predicted octanol–water partition coefficient (Wildman–Crippen LogP) is 2.86. The zero-order chi connectivity index (χ0) is 14.3. The largest absolute Gasteiger partial charge is 0.481 e. The van der Waals surface area contributed by atoms with Crippen molar-refractivity contribution in [1.29, 1.82) is 0 Å². The second-order valence-corrected chi connectivity index (χ2v) is 4.57. The van der Waals surface area contributed by atoms with Gasteiger partial charge >= 0.3 is 5.97 Å². The molecule has 1 aromatic rings. The summed E-state index contributed by atoms with van der Waals surface area (Å²) in [6.45, 7) is 2.09. The van der Waals surface area contributed by atoms with Crippen molar-refractivity contribution in [2.75, 3.05) is 11.9 Å². The molecule has 0 fully saturated rings. The quantitative estimate of drug-likeness (QED) is 0.769. The number of anilines is 1. The lowest BCUT2D eigenvalue weighted by Gasteiger charge is -2.17. The van der Waals surface area contributed by atoms with Gasteiger partial charge in [-0.15, -0.1) is 0 Å². The lowest BCUT2D eigenvalue weighted by molar-refractivity contribution is -0.137. The van der Waals surface area contributed by atoms with E-state index in [9.17, 15) is 9.59 Å². The summed E-state index contributed by atoms with van der Waals surface area (Å²) >= 11 is 0. The summed E-state index contributed by atoms with van der Waals surface area (Å²) < 4.78 is 0. The van der Waals surface area contributed by atoms with Crippen LogP contribution in [0.1, 0.15) is 38.2 Å². The number of carboxylic acids is 1. The van der Waals surface area contributed by atoms with Gasteiger partial charge in [0.2, 0.25) is 5.91 Å². The van der Waals surface area contributed by atoms with E-state index in [0.29, 0.717) is 19.3 Å². The molecule has 0 aliphatic carbocycles. The van der Waals surface area contributed by atoms with Crippen molar-refractivity contribution < 1.29 is 14.7 Å². The predicted molar refractivity (Wildman–Crippen MR) is 75.3 cm³/mol. The van der Waals surface area contributed by atoms with E-state index in [1.54, 1.807) is 11.9 Å². The summed E-state index contributed by atoms with van der Waals surface area (Å²) in [6, 6.07) is 7.91. The van der Waals surface area contributed by atoms with E-state index >= 15 is 0 Å². The van der Waals surface area contributed by atoms with Crippen LogP contribution in [-0.2, 0) is 16.0 Å². The molecule has 19 heavy (non-hydrogen) atoms. The lowest BCUT2D eigenvalue weighted by Crippen LogP contribution is -2.25. The highest BCUT2D eigenvalue weighted by atomic mass is 16.4. The first-order valence-electron chi connectivity index (χ1n) is 6.62. The van der Waals surface area contributed by atoms with Crippen LogP contribution in [0.15, 0.2) is 24.3 Å². The van der Waals surface area contributed by atoms with E-state index in [1.807, 2.05) is 24.3 Å². The molecule has 0 radical (unpaired) electrons. The molecule has 0 aromatic heterocycles. The Morgan fingerprint density at radius 1 is 1.11 bits per heavy atom. The highest BCUT2D eigenvalue weighted by Gasteiger charge is 2.10. The van der Waals surface area contributed by atoms with Crippen molar-refractivity contribution >= 4 is 17.6 Å². The molecule has 0 saturated carbocycles. The minimum atomic E-state index is -0.809. The normalized spacial score (nSPS) is 10.2. The molecule has 4 heteroatoms. The zero-order valence-electron chi connectivity index (χ0n) is 11.6. The Balaban J connectivity index is 2.44. The Morgan fingerprint density at radius 2 is 1.68 bits per heavy atom. The van der Waals surface area contributed by atoms with Gasteiger partial charge in [-0.2, -0.15) is 0 Å². The zero-order valence-corrected chi connectivity index (χ0v) is 11.6. The van der Waals surface area contributed by atoms with Gasteiger partial charge in [-0.25, -0.2) is 0 Å². The molecule has 4 nitrogen and oxygen atoms in total. The van der Waals surface area contributed by atoms with Gasteiger partial charge in [0.05, 0.1) is 0 Å². The number of carboxylic acid groups (broad SMARTS) is 1. The fourth-order valence-electron chi connectivity index (χ4n) is 1.82. The smallest absolute Gasteiger partial charge is 0.303 e. The lowest BCUT2D eigenvalue weighted by atomic mass is 10.1. The Morgan fingerprint density at radius 3 is 2.21 bits per heavy atom. The van der Waals surface area contributed by atoms with Crippen molar-refractivity contribution in [1.82, 2.24) is 0 Å². The first kappa shape index (κ1) is 15.2. The molecule has 104 valence electrons. The Kier molecular flexibility index (Phi) is 6.06. The van der Waals surface area contributed by atoms with Gasteiger partial charge in [0, 0.05) is 25.6 Å². The van der Waals surface area contributed by atoms with E-state index in [2.05, 4.69) is 6.92 Å². The summed E-state index contributed by atoms with van der Waals surface area (Å²) in [5.74, 6) is -0.786. The van der Waals surface area contributed by atoms with Crippen LogP contribution in [0.4, 0.5) is 5.69 Å². The highest BCUT2D eigenvalue weighted by Crippen LogP contribution is 2.16. The number of carbonyl (C=O) groups excluding carboxylic acids is 1. The molecule has 0 aliphatic heterocycles. The molecule has 1 N–H and O–H groups in total. The number of unbranched alkanes of at least 4 members (excludes halogenated alkanes) is 1. The highest BCUT2D eigenvalue weighted by molar-refractivity contribution is 5.92. The summed E-state index contributed by atoms with van der Waals surface area (Å²) in [7, 11) is 1.75. The molecule has 0 heterocycles. The summed E-state index contributed by atoms with van der Waals surface area (Å²) in [6.07, 6.45) is 2.65. The van der Waals surface area contributed by atoms with E-state index in [-0.39, 0.29) is 12.3 Å². The minimum Gasteiger partial charge on any atom is -0.481 e. The average Bonchev–Trinajstić information content (AvgIpc) is 2.42. The molecule has 0 atom stereocenters. The number of hydrogen-bond donors (Lipinski definition) is 1. The maximum absolute atomic E-state index is 11.9. The average molecular weight is 263 g/mol. The van der Waals surface area contributed by atoms with Crippen molar-refractivity contribution in [2.24, 2.45) is 0 Å². The second kappa shape index (κ2) is 7.56. The Bertz CT molecular complexity index is 426. The number of rotatable bonds is 7. The number of aliphatic carboxylic acids is 1. The van der Waals surface area contributed by atoms with Gasteiger partial charge < -0.3 is 10.0 Å². The third-order valence-corrected chi connectivity index (χ3v) is 3.14. The summed E-state index contributed by atoms with van der Waals surface area (Å²) in [5, 5.41) is 8.52. The van der Waals surface area contributed by atoms with Gasteiger partial charge in [0.15, 0.2) is 0 Å². The SMILES string of the molecule is CCc1ccc(N(C)C(=O)CCCCC(=O)O)cc1. The fraction of sp³-hybridized carbons (Fsp3) is 0.467. The van der Waals surface area contributed by atoms with Crippen LogP contribution < -0.4 is 4.90 Å². The minimum absolute atomic E-state index is 0.0228. The van der Waals surface area contributed by atoms with Gasteiger partial charge in [-0.3, -0.25) is 9.59 Å². The van der Waals surface area contributed by atoms with Crippen LogP contribution in [0.5, 0.6) is 0 Å². The monoisotopic (exact) mass is 263 g/mol. The Labute approximate surface area is 114 Å². The molecule has 1 amide bonds. The molecule has 1 aromatic carbocycles. The maximum atomic E-state index is 11.9. The third kappa shape index (κ3) is 5.12. The molecular weight excluding hydrogens is 242 g/mol. The van der Waals surface area contributed by atoms with Crippen molar-refractivity contribution in [3.05, 3.63) is 29.8 Å². The van der Waals surface area contributed by atoms with Crippen LogP contribution in [0.25, 0.3) is 0 Å². The molecule has 0 unspecified atom stereocenters. The van der Waals surface area contributed by atoms with Gasteiger partial charge in [-0.05, 0) is 37.0 Å². The molecule has 0 bridgehead atoms. The maximum Gasteiger partial charge on any atom is 0.303 e. The third-order valence-electron chi connectivity index (χ3n) is 3.14. The number of benzene rings is 1. The first-order chi connectivity index (χ1) is 9.04. The molecule has 0 spiro atoms. The number of aryl methyl sites for hydroxylation is 1. The molecule has 0 aliphatic rings. The van der Waals surface area contributed by atoms with Crippen LogP contribution in [-0.4, -0.2) is 24.0 Å². The first-order valence-corrected chi connectivity index (χ1v) is 6.62. The second-order valence-electron chi connectivity index (χ2n) is 4.57. The summed E-state index contributed by atoms with van der Waals surface area (Å²) in [5.41, 5.74) is 2.12. The van der Waals surface area contributed by atoms with Crippen molar-refractivity contribution in [3.8, 4) is 0 Å². The topological polar surface area (TPSA) is 57.6 Å². The van der Waals surface area contributed by atoms with E-state index in [0.717, 1.165) is 12.1 Å². The van der Waals surface area contributed by atoms with Gasteiger partial charge in [0.1, 0.15) is 0 Å². The van der Waals surface area contributed by atoms with Crippen LogP contribution in [0.2, 0.25) is 0 Å². The van der Waals surface area contributed by atoms with E-state index in [1.165, 1.54) is 5.56 Å². The number of nitrogens with zero attached hydrogens (tertiary/aromatic N) is 1. The van der Waals surface area contributed by atoms with Crippen LogP contribution >= 0.6 is 0 Å². The van der Waals surface area contributed by atoms with E-state index in [4.69, 9.17) is 5.11 Å². The van der Waals surface area contributed by atoms with Gasteiger partial charge in [-0.1, -0.05) is 19.1 Å². The van der Waals surface area contributed by atoms with Gasteiger partial charge in [0.25, 0.3) is 0 Å². The molecular formula is C15H21NO3. The van der Waals surface area contributed by atoms with E-state index < -0.39 is 5.97 Å². The fourth-order valence-corrected chi connectivity index (χ4v) is 1.82. The molecule has 0 saturated heterocycles. The summed E-state index contributed by atoms with van der Waals surface area (Å²) in [4.78, 5) is 23.9. The standard InChI is InChI=1S/C15H21NO3/c1-3-12-8-10-13(11-9-12)16(2)14(17)6-4-5-7-15(18)19/h8-11H,3-7H2,1-2H3,(H,18,19). The number of hydrogen-bond acceptors (Lipinski definition) is 2. The van der Waals surface area contributed by atoms with Crippen molar-refractivity contribution in [2.45, 2.75) is 39.0 Å². The van der Waals surface area contributed by atoms with Crippen LogP contribution in [0.3, 0.4) is 0 Å². The molecule has 1 rings (SSSR count). The van der Waals surface area contributed by atoms with Crippen molar-refractivity contribution in [3.63, 3.8) is 0 Å². The number of amides is 1. The van der Waals surface area contributed by atoms with Crippen LogP contribution in [0, 0.1) is 0 Å².